The maximum absolute atomic E-state index is 13.0. The van der Waals surface area contributed by atoms with Gasteiger partial charge in [-0.15, -0.1) is 11.8 Å². The van der Waals surface area contributed by atoms with E-state index >= 15 is 0 Å². The van der Waals surface area contributed by atoms with Gasteiger partial charge >= 0.3 is 5.97 Å². The van der Waals surface area contributed by atoms with E-state index in [9.17, 15) is 4.79 Å². The van der Waals surface area contributed by atoms with Crippen LogP contribution in [-0.4, -0.2) is 47.6 Å². The second-order valence-electron chi connectivity index (χ2n) is 7.19. The Hall–Kier alpha value is -2.28. The molecule has 0 spiro atoms. The highest BCUT2D eigenvalue weighted by atomic mass is 32.2. The Morgan fingerprint density at radius 2 is 1.93 bits per heavy atom. The predicted octanol–water partition coefficient (Wildman–Crippen LogP) is 3.44. The molecule has 0 aliphatic carbocycles. The molecule has 1 aromatic heterocycles. The van der Waals surface area contributed by atoms with Gasteiger partial charge in [0.25, 0.3) is 0 Å². The molecular formula is C22H27N3O2S. The van der Waals surface area contributed by atoms with Gasteiger partial charge in [-0.2, -0.15) is 0 Å². The number of nitrogens with two attached hydrogens (primary N) is 1. The van der Waals surface area contributed by atoms with Gasteiger partial charge in [0.15, 0.2) is 4.87 Å². The molecule has 1 unspecified atom stereocenters. The van der Waals surface area contributed by atoms with Crippen LogP contribution >= 0.6 is 11.8 Å². The molecule has 0 aliphatic heterocycles. The summed E-state index contributed by atoms with van der Waals surface area (Å²) in [7, 11) is 4.08. The summed E-state index contributed by atoms with van der Waals surface area (Å²) < 4.78 is 5.84. The van der Waals surface area contributed by atoms with Crippen LogP contribution in [0.3, 0.4) is 0 Å². The van der Waals surface area contributed by atoms with Crippen molar-refractivity contribution in [1.82, 2.24) is 9.88 Å². The van der Waals surface area contributed by atoms with E-state index in [1.807, 2.05) is 75.1 Å². The first-order valence-electron chi connectivity index (χ1n) is 9.27. The second kappa shape index (κ2) is 8.82. The number of aromatic nitrogens is 1. The predicted molar refractivity (Wildman–Crippen MR) is 117 cm³/mol. The second-order valence-corrected chi connectivity index (χ2v) is 8.33. The summed E-state index contributed by atoms with van der Waals surface area (Å²) in [4.78, 5) is 17.3. The standard InChI is InChI=1S/C22H27N3O2S/c1-25(2)13-12-17-15-24-18-10-7-11-19(20(17)18)27-21(26)22(23,28-3)14-16-8-5-4-6-9-16/h4-11,15,24H,12-14,23H2,1-3H3. The van der Waals surface area contributed by atoms with Crippen molar-refractivity contribution in [3.8, 4) is 5.75 Å². The van der Waals surface area contributed by atoms with Crippen LogP contribution in [0.1, 0.15) is 11.1 Å². The fourth-order valence-electron chi connectivity index (χ4n) is 3.16. The molecule has 148 valence electrons. The van der Waals surface area contributed by atoms with E-state index in [2.05, 4.69) is 9.88 Å². The number of hydrogen-bond acceptors (Lipinski definition) is 5. The zero-order chi connectivity index (χ0) is 20.1. The molecular weight excluding hydrogens is 370 g/mol. The number of benzene rings is 2. The summed E-state index contributed by atoms with van der Waals surface area (Å²) in [6.45, 7) is 0.912. The highest BCUT2D eigenvalue weighted by molar-refractivity contribution is 8.00. The minimum absolute atomic E-state index is 0.407. The summed E-state index contributed by atoms with van der Waals surface area (Å²) in [5.74, 6) is 0.116. The molecule has 0 fully saturated rings. The van der Waals surface area contributed by atoms with Crippen molar-refractivity contribution < 1.29 is 9.53 Å². The van der Waals surface area contributed by atoms with Gasteiger partial charge in [-0.1, -0.05) is 36.4 Å². The Balaban J connectivity index is 1.86. The first-order valence-corrected chi connectivity index (χ1v) is 10.5. The third-order valence-corrected chi connectivity index (χ3v) is 5.84. The van der Waals surface area contributed by atoms with Crippen molar-refractivity contribution in [1.29, 1.82) is 0 Å². The van der Waals surface area contributed by atoms with Crippen LogP contribution in [0, 0.1) is 0 Å². The molecule has 0 aliphatic rings. The summed E-state index contributed by atoms with van der Waals surface area (Å²) in [5, 5.41) is 0.945. The van der Waals surface area contributed by atoms with E-state index < -0.39 is 10.8 Å². The van der Waals surface area contributed by atoms with Gasteiger partial charge < -0.3 is 20.4 Å². The molecule has 3 aromatic rings. The normalized spacial score (nSPS) is 13.6. The topological polar surface area (TPSA) is 71.4 Å². The van der Waals surface area contributed by atoms with Crippen LogP contribution in [0.25, 0.3) is 10.9 Å². The molecule has 0 saturated carbocycles. The Morgan fingerprint density at radius 3 is 2.61 bits per heavy atom. The summed E-state index contributed by atoms with van der Waals surface area (Å²) in [5.41, 5.74) is 9.53. The van der Waals surface area contributed by atoms with Gasteiger partial charge in [-0.3, -0.25) is 0 Å². The maximum atomic E-state index is 13.0. The number of esters is 1. The average Bonchev–Trinajstić information content (AvgIpc) is 3.11. The molecule has 0 saturated heterocycles. The van der Waals surface area contributed by atoms with Crippen molar-refractivity contribution in [2.75, 3.05) is 26.9 Å². The summed E-state index contributed by atoms with van der Waals surface area (Å²) in [6.07, 6.45) is 5.09. The number of ether oxygens (including phenoxy) is 1. The Labute approximate surface area is 170 Å². The Morgan fingerprint density at radius 1 is 1.18 bits per heavy atom. The molecule has 3 N–H and O–H groups in total. The number of hydrogen-bond donors (Lipinski definition) is 2. The van der Waals surface area contributed by atoms with Gasteiger partial charge in [0.1, 0.15) is 5.75 Å². The molecule has 6 heteroatoms. The Kier molecular flexibility index (Phi) is 6.44. The van der Waals surface area contributed by atoms with Gasteiger partial charge in [0.05, 0.1) is 0 Å². The number of nitrogens with zero attached hydrogens (tertiary/aromatic N) is 1. The van der Waals surface area contributed by atoms with Crippen LogP contribution in [0.2, 0.25) is 0 Å². The fraction of sp³-hybridized carbons (Fsp3) is 0.318. The van der Waals surface area contributed by atoms with Crippen LogP contribution in [-0.2, 0) is 17.6 Å². The molecule has 3 rings (SSSR count). The number of aromatic amines is 1. The number of nitrogens with one attached hydrogen (secondary N) is 1. The number of carbonyl (C=O) groups is 1. The van der Waals surface area contributed by atoms with E-state index in [4.69, 9.17) is 10.5 Å². The number of thioether (sulfide) groups is 1. The molecule has 1 heterocycles. The van der Waals surface area contributed by atoms with E-state index in [1.165, 1.54) is 11.8 Å². The zero-order valence-electron chi connectivity index (χ0n) is 16.6. The van der Waals surface area contributed by atoms with Gasteiger partial charge in [0, 0.05) is 30.1 Å². The number of rotatable bonds is 8. The largest absolute Gasteiger partial charge is 0.424 e. The third-order valence-electron chi connectivity index (χ3n) is 4.80. The SMILES string of the molecule is CSC(N)(Cc1ccccc1)C(=O)Oc1cccc2[nH]cc(CCN(C)C)c12. The molecule has 28 heavy (non-hydrogen) atoms. The molecule has 2 aromatic carbocycles. The van der Waals surface area contributed by atoms with Crippen LogP contribution in [0.5, 0.6) is 5.75 Å². The molecule has 0 bridgehead atoms. The Bertz CT molecular complexity index is 939. The monoisotopic (exact) mass is 397 g/mol. The highest BCUT2D eigenvalue weighted by Gasteiger charge is 2.36. The van der Waals surface area contributed by atoms with Crippen molar-refractivity contribution >= 4 is 28.6 Å². The quantitative estimate of drug-likeness (QED) is 0.346. The van der Waals surface area contributed by atoms with Crippen LogP contribution in [0.15, 0.2) is 54.7 Å². The lowest BCUT2D eigenvalue weighted by Gasteiger charge is -2.25. The van der Waals surface area contributed by atoms with Gasteiger partial charge in [-0.05, 0) is 50.0 Å². The van der Waals surface area contributed by atoms with E-state index in [-0.39, 0.29) is 0 Å². The molecule has 0 amide bonds. The lowest BCUT2D eigenvalue weighted by Crippen LogP contribution is -2.49. The molecule has 5 nitrogen and oxygen atoms in total. The molecule has 0 radical (unpaired) electrons. The van der Waals surface area contributed by atoms with E-state index in [0.717, 1.165) is 35.0 Å². The van der Waals surface area contributed by atoms with Gasteiger partial charge in [-0.25, -0.2) is 4.79 Å². The number of fused-ring (bicyclic) bond motifs is 1. The minimum Gasteiger partial charge on any atom is -0.424 e. The zero-order valence-corrected chi connectivity index (χ0v) is 17.4. The van der Waals surface area contributed by atoms with E-state index in [0.29, 0.717) is 12.2 Å². The van der Waals surface area contributed by atoms with Gasteiger partial charge in [0.2, 0.25) is 0 Å². The number of H-pyrrole nitrogens is 1. The maximum Gasteiger partial charge on any atom is 0.342 e. The van der Waals surface area contributed by atoms with Crippen molar-refractivity contribution in [3.05, 3.63) is 65.9 Å². The average molecular weight is 398 g/mol. The lowest BCUT2D eigenvalue weighted by molar-refractivity contribution is -0.136. The number of carbonyl (C=O) groups excluding carboxylic acids is 1. The van der Waals surface area contributed by atoms with Crippen LogP contribution < -0.4 is 10.5 Å². The van der Waals surface area contributed by atoms with Crippen LogP contribution in [0.4, 0.5) is 0 Å². The van der Waals surface area contributed by atoms with Crippen molar-refractivity contribution in [3.63, 3.8) is 0 Å². The summed E-state index contributed by atoms with van der Waals surface area (Å²) in [6, 6.07) is 15.5. The minimum atomic E-state index is -1.15. The fourth-order valence-corrected chi connectivity index (χ4v) is 3.68. The highest BCUT2D eigenvalue weighted by Crippen LogP contribution is 2.32. The smallest absolute Gasteiger partial charge is 0.342 e. The van der Waals surface area contributed by atoms with Crippen molar-refractivity contribution in [2.45, 2.75) is 17.7 Å². The molecule has 1 atom stereocenters. The van der Waals surface area contributed by atoms with E-state index in [1.54, 1.807) is 0 Å². The van der Waals surface area contributed by atoms with Crippen molar-refractivity contribution in [2.24, 2.45) is 5.73 Å². The lowest BCUT2D eigenvalue weighted by atomic mass is 10.1. The number of likely N-dealkylation sites (N-methyl/N-ethyl adjacent to an activating group) is 1. The third kappa shape index (κ3) is 4.58. The first-order chi connectivity index (χ1) is 13.4. The summed E-state index contributed by atoms with van der Waals surface area (Å²) >= 11 is 1.31. The first kappa shape index (κ1) is 20.5.